The summed E-state index contributed by atoms with van der Waals surface area (Å²) in [6.07, 6.45) is 2.01. The molecule has 1 amide bonds. The Morgan fingerprint density at radius 3 is 2.59 bits per heavy atom. The van der Waals surface area contributed by atoms with E-state index in [9.17, 15) is 4.79 Å². The molecule has 1 aromatic carbocycles. The number of aromatic nitrogens is 1. The number of hydrogen-bond acceptors (Lipinski definition) is 3. The minimum atomic E-state index is -0.356. The molecule has 0 radical (unpaired) electrons. The van der Waals surface area contributed by atoms with Crippen molar-refractivity contribution in [3.05, 3.63) is 45.2 Å². The maximum atomic E-state index is 12.4. The topological polar surface area (TPSA) is 43.6 Å². The van der Waals surface area contributed by atoms with Crippen molar-refractivity contribution in [2.45, 2.75) is 33.2 Å². The molecular formula is C16H19ClN2O2S. The van der Waals surface area contributed by atoms with Gasteiger partial charge in [0.25, 0.3) is 5.91 Å². The Morgan fingerprint density at radius 2 is 2.05 bits per heavy atom. The van der Waals surface area contributed by atoms with Crippen molar-refractivity contribution in [1.29, 1.82) is 0 Å². The molecule has 2 aromatic rings. The molecule has 1 aromatic heterocycles. The highest BCUT2D eigenvalue weighted by molar-refractivity contribution is 7.04. The van der Waals surface area contributed by atoms with Crippen molar-refractivity contribution in [2.75, 3.05) is 7.11 Å². The smallest absolute Gasteiger partial charge is 0.282 e. The monoisotopic (exact) mass is 338 g/mol. The summed E-state index contributed by atoms with van der Waals surface area (Å²) in [7, 11) is 1.52. The van der Waals surface area contributed by atoms with Crippen LogP contribution in [0.5, 0.6) is 5.75 Å². The van der Waals surface area contributed by atoms with Gasteiger partial charge in [-0.1, -0.05) is 11.6 Å². The van der Waals surface area contributed by atoms with E-state index in [0.717, 1.165) is 5.56 Å². The van der Waals surface area contributed by atoms with E-state index in [1.807, 2.05) is 13.1 Å². The predicted molar refractivity (Wildman–Crippen MR) is 89.9 cm³/mol. The molecule has 0 atom stereocenters. The molecule has 6 heteroatoms. The summed E-state index contributed by atoms with van der Waals surface area (Å²) < 4.78 is 7.99. The van der Waals surface area contributed by atoms with Gasteiger partial charge in [0.1, 0.15) is 10.4 Å². The van der Waals surface area contributed by atoms with Crippen molar-refractivity contribution in [1.82, 2.24) is 3.96 Å². The number of ether oxygens (including phenoxy) is 1. The first-order valence-corrected chi connectivity index (χ1v) is 8.00. The molecule has 0 aliphatic heterocycles. The molecule has 0 bridgehead atoms. The molecule has 0 saturated carbocycles. The first-order valence-electron chi connectivity index (χ1n) is 6.85. The Morgan fingerprint density at radius 1 is 1.36 bits per heavy atom. The van der Waals surface area contributed by atoms with E-state index in [0.29, 0.717) is 21.0 Å². The number of benzene rings is 1. The minimum Gasteiger partial charge on any atom is -0.496 e. The molecule has 0 saturated heterocycles. The molecular weight excluding hydrogens is 320 g/mol. The van der Waals surface area contributed by atoms with Crippen LogP contribution < -0.4 is 9.41 Å². The normalized spacial score (nSPS) is 12.5. The third-order valence-corrected chi connectivity index (χ3v) is 4.76. The number of halogens is 1. The minimum absolute atomic E-state index is 0.0417. The van der Waals surface area contributed by atoms with Gasteiger partial charge in [-0.3, -0.25) is 8.75 Å². The number of carbonyl (C=O) groups is 1. The predicted octanol–water partition coefficient (Wildman–Crippen LogP) is 4.02. The van der Waals surface area contributed by atoms with E-state index in [-0.39, 0.29) is 11.4 Å². The van der Waals surface area contributed by atoms with Gasteiger partial charge in [0, 0.05) is 22.3 Å². The second-order valence-electron chi connectivity index (χ2n) is 5.97. The zero-order valence-corrected chi connectivity index (χ0v) is 14.9. The number of carbonyl (C=O) groups excluding carboxylic acids is 1. The van der Waals surface area contributed by atoms with Gasteiger partial charge in [0.2, 0.25) is 0 Å². The molecule has 0 N–H and O–H groups in total. The summed E-state index contributed by atoms with van der Waals surface area (Å²) in [6, 6.07) is 4.93. The Bertz CT molecular complexity index is 769. The van der Waals surface area contributed by atoms with Gasteiger partial charge in [-0.25, -0.2) is 0 Å². The van der Waals surface area contributed by atoms with Crippen LogP contribution in [0.1, 0.15) is 36.7 Å². The Kier molecular flexibility index (Phi) is 4.78. The van der Waals surface area contributed by atoms with Crippen molar-refractivity contribution >= 4 is 29.0 Å². The van der Waals surface area contributed by atoms with Crippen LogP contribution in [-0.4, -0.2) is 17.0 Å². The molecule has 0 fully saturated rings. The van der Waals surface area contributed by atoms with Crippen LogP contribution in [0.15, 0.2) is 29.4 Å². The first-order chi connectivity index (χ1) is 10.2. The summed E-state index contributed by atoms with van der Waals surface area (Å²) in [5.41, 5.74) is 1.29. The van der Waals surface area contributed by atoms with E-state index in [2.05, 4.69) is 29.7 Å². The van der Waals surface area contributed by atoms with Crippen LogP contribution in [0.3, 0.4) is 0 Å². The molecule has 0 unspecified atom stereocenters. The van der Waals surface area contributed by atoms with Gasteiger partial charge in [0.15, 0.2) is 0 Å². The lowest BCUT2D eigenvalue weighted by Crippen LogP contribution is -2.18. The quantitative estimate of drug-likeness (QED) is 0.830. The Labute approximate surface area is 139 Å². The fourth-order valence-electron chi connectivity index (χ4n) is 1.86. The third-order valence-electron chi connectivity index (χ3n) is 3.09. The van der Waals surface area contributed by atoms with Crippen molar-refractivity contribution < 1.29 is 9.53 Å². The molecule has 2 rings (SSSR count). The van der Waals surface area contributed by atoms with Crippen LogP contribution in [-0.2, 0) is 5.54 Å². The summed E-state index contributed by atoms with van der Waals surface area (Å²) in [6.45, 7) is 8.26. The summed E-state index contributed by atoms with van der Waals surface area (Å²) in [4.78, 5) is 16.7. The second-order valence-corrected chi connectivity index (χ2v) is 7.37. The SMILES string of the molecule is COc1ccc(Cl)cc1C(=O)/N=c1\sn(C(C)(C)C)cc1C. The van der Waals surface area contributed by atoms with E-state index >= 15 is 0 Å². The van der Waals surface area contributed by atoms with Crippen LogP contribution >= 0.6 is 23.1 Å². The fraction of sp³-hybridized carbons (Fsp3) is 0.375. The van der Waals surface area contributed by atoms with E-state index in [1.54, 1.807) is 18.2 Å². The Balaban J connectivity index is 2.48. The number of rotatable bonds is 2. The van der Waals surface area contributed by atoms with Gasteiger partial charge in [-0.15, -0.1) is 0 Å². The molecule has 0 aliphatic carbocycles. The largest absolute Gasteiger partial charge is 0.496 e. The highest BCUT2D eigenvalue weighted by Crippen LogP contribution is 2.23. The lowest BCUT2D eigenvalue weighted by molar-refractivity contribution is 0.0996. The van der Waals surface area contributed by atoms with Crippen molar-refractivity contribution in [2.24, 2.45) is 4.99 Å². The van der Waals surface area contributed by atoms with Gasteiger partial charge < -0.3 is 4.74 Å². The van der Waals surface area contributed by atoms with Gasteiger partial charge in [-0.05, 0) is 57.4 Å². The van der Waals surface area contributed by atoms with Crippen LogP contribution in [0.4, 0.5) is 0 Å². The fourth-order valence-corrected chi connectivity index (χ4v) is 3.03. The number of hydrogen-bond donors (Lipinski definition) is 0. The number of aryl methyl sites for hydroxylation is 1. The zero-order valence-electron chi connectivity index (χ0n) is 13.3. The van der Waals surface area contributed by atoms with Crippen LogP contribution in [0.2, 0.25) is 5.02 Å². The third kappa shape index (κ3) is 3.59. The average Bonchev–Trinajstić information content (AvgIpc) is 2.80. The maximum absolute atomic E-state index is 12.4. The molecule has 0 spiro atoms. The average molecular weight is 339 g/mol. The number of methoxy groups -OCH3 is 1. The van der Waals surface area contributed by atoms with Gasteiger partial charge in [-0.2, -0.15) is 4.99 Å². The van der Waals surface area contributed by atoms with Gasteiger partial charge >= 0.3 is 0 Å². The van der Waals surface area contributed by atoms with E-state index < -0.39 is 0 Å². The molecule has 1 heterocycles. The number of nitrogens with zero attached hydrogens (tertiary/aromatic N) is 2. The maximum Gasteiger partial charge on any atom is 0.282 e. The standard InChI is InChI=1S/C16H19ClN2O2S/c1-10-9-19(16(2,3)4)22-15(10)18-14(20)12-8-11(17)6-7-13(12)21-5/h6-9H,1-5H3/b18-15-. The van der Waals surface area contributed by atoms with Crippen molar-refractivity contribution in [3.63, 3.8) is 0 Å². The van der Waals surface area contributed by atoms with Crippen LogP contribution in [0, 0.1) is 6.92 Å². The highest BCUT2D eigenvalue weighted by Gasteiger charge is 2.16. The molecule has 0 aliphatic rings. The summed E-state index contributed by atoms with van der Waals surface area (Å²) >= 11 is 7.43. The Hall–Kier alpha value is -1.59. The first kappa shape index (κ1) is 16.8. The lowest BCUT2D eigenvalue weighted by Gasteiger charge is -2.19. The summed E-state index contributed by atoms with van der Waals surface area (Å²) in [5, 5.41) is 0.479. The van der Waals surface area contributed by atoms with Crippen LogP contribution in [0.25, 0.3) is 0 Å². The van der Waals surface area contributed by atoms with Crippen molar-refractivity contribution in [3.8, 4) is 5.75 Å². The summed E-state index contributed by atoms with van der Waals surface area (Å²) in [5.74, 6) is 0.112. The van der Waals surface area contributed by atoms with E-state index in [4.69, 9.17) is 16.3 Å². The molecule has 22 heavy (non-hydrogen) atoms. The second kappa shape index (κ2) is 6.26. The van der Waals surface area contributed by atoms with Gasteiger partial charge in [0.05, 0.1) is 12.7 Å². The molecule has 118 valence electrons. The van der Waals surface area contributed by atoms with E-state index in [1.165, 1.54) is 18.6 Å². The highest BCUT2D eigenvalue weighted by atomic mass is 35.5. The molecule has 4 nitrogen and oxygen atoms in total. The lowest BCUT2D eigenvalue weighted by atomic mass is 10.1. The zero-order chi connectivity index (χ0) is 16.5. The number of amides is 1.